The predicted molar refractivity (Wildman–Crippen MR) is 104 cm³/mol. The van der Waals surface area contributed by atoms with Crippen molar-refractivity contribution in [3.63, 3.8) is 0 Å². The van der Waals surface area contributed by atoms with E-state index in [4.69, 9.17) is 14.6 Å². The summed E-state index contributed by atoms with van der Waals surface area (Å²) in [6, 6.07) is 11.7. The maximum absolute atomic E-state index is 12.2. The number of methoxy groups -OCH3 is 1. The van der Waals surface area contributed by atoms with Gasteiger partial charge in [-0.1, -0.05) is 0 Å². The summed E-state index contributed by atoms with van der Waals surface area (Å²) in [5.41, 5.74) is -0.333. The van der Waals surface area contributed by atoms with Gasteiger partial charge in [-0.25, -0.2) is 4.79 Å². The van der Waals surface area contributed by atoms with Crippen LogP contribution >= 0.6 is 0 Å². The summed E-state index contributed by atoms with van der Waals surface area (Å²) in [4.78, 5) is 33.7. The number of benzene rings is 2. The van der Waals surface area contributed by atoms with E-state index in [0.29, 0.717) is 11.5 Å². The predicted octanol–water partition coefficient (Wildman–Crippen LogP) is 2.93. The Morgan fingerprint density at radius 3 is 2.43 bits per heavy atom. The third-order valence-electron chi connectivity index (χ3n) is 3.85. The van der Waals surface area contributed by atoms with E-state index in [1.165, 1.54) is 37.6 Å². The first kappa shape index (κ1) is 20.3. The quantitative estimate of drug-likeness (QED) is 0.424. The van der Waals surface area contributed by atoms with Crippen LogP contribution in [0.3, 0.4) is 0 Å². The van der Waals surface area contributed by atoms with Gasteiger partial charge < -0.3 is 19.9 Å². The molecular weight excluding hydrogens is 396 g/mol. The summed E-state index contributed by atoms with van der Waals surface area (Å²) in [6.45, 7) is -0.273. The van der Waals surface area contributed by atoms with Gasteiger partial charge in [-0.2, -0.15) is 5.10 Å². The van der Waals surface area contributed by atoms with E-state index in [-0.39, 0.29) is 29.4 Å². The topological polar surface area (TPSA) is 146 Å². The molecule has 3 rings (SSSR count). The van der Waals surface area contributed by atoms with Crippen LogP contribution in [-0.4, -0.2) is 38.8 Å². The summed E-state index contributed by atoms with van der Waals surface area (Å²) in [6.07, 6.45) is 1.34. The fraction of sp³-hybridized carbons (Fsp3) is 0.105. The van der Waals surface area contributed by atoms with Gasteiger partial charge in [0.25, 0.3) is 5.69 Å². The second-order valence-electron chi connectivity index (χ2n) is 6.00. The van der Waals surface area contributed by atoms with Gasteiger partial charge in [0.2, 0.25) is 5.91 Å². The number of nitrogens with one attached hydrogen (secondary N) is 1. The lowest BCUT2D eigenvalue weighted by Crippen LogP contribution is -2.19. The van der Waals surface area contributed by atoms with Crippen LogP contribution in [0.2, 0.25) is 0 Å². The minimum Gasteiger partial charge on any atom is -0.497 e. The van der Waals surface area contributed by atoms with Gasteiger partial charge in [-0.15, -0.1) is 0 Å². The molecule has 3 aromatic rings. The van der Waals surface area contributed by atoms with Crippen LogP contribution in [0.15, 0.2) is 54.7 Å². The Balaban J connectivity index is 1.76. The smallest absolute Gasteiger partial charge is 0.356 e. The van der Waals surface area contributed by atoms with Crippen molar-refractivity contribution in [2.45, 2.75) is 6.54 Å². The van der Waals surface area contributed by atoms with Crippen molar-refractivity contribution < 1.29 is 29.1 Å². The van der Waals surface area contributed by atoms with Crippen molar-refractivity contribution in [2.24, 2.45) is 0 Å². The second kappa shape index (κ2) is 8.73. The van der Waals surface area contributed by atoms with E-state index in [1.54, 1.807) is 24.3 Å². The molecule has 2 aromatic carbocycles. The maximum Gasteiger partial charge on any atom is 0.356 e. The highest BCUT2D eigenvalue weighted by molar-refractivity contribution is 5.91. The molecule has 0 saturated heterocycles. The number of carboxylic acids is 1. The first-order valence-electron chi connectivity index (χ1n) is 8.52. The number of anilines is 1. The molecule has 1 aromatic heterocycles. The molecule has 0 bridgehead atoms. The number of nitro benzene ring substituents is 1. The number of carbonyl (C=O) groups excluding carboxylic acids is 1. The zero-order valence-electron chi connectivity index (χ0n) is 15.6. The monoisotopic (exact) mass is 412 g/mol. The number of amides is 1. The Bertz CT molecular complexity index is 1090. The number of aromatic nitrogens is 2. The highest BCUT2D eigenvalue weighted by Crippen LogP contribution is 2.30. The molecule has 0 unspecified atom stereocenters. The number of carboxylic acid groups (broad SMARTS) is 1. The van der Waals surface area contributed by atoms with E-state index < -0.39 is 16.8 Å². The lowest BCUT2D eigenvalue weighted by molar-refractivity contribution is -0.384. The van der Waals surface area contributed by atoms with Crippen LogP contribution in [0.5, 0.6) is 17.2 Å². The number of hydrogen-bond acceptors (Lipinski definition) is 7. The standard InChI is InChI=1S/C19H16N4O7/c1-29-14-2-4-15(5-3-14)30-16-9-12(8-13(10-16)23(27)28)20-18(24)11-22-7-6-17(21-22)19(25)26/h2-10H,11H2,1H3,(H,20,24)(H,25,26). The Morgan fingerprint density at radius 2 is 1.83 bits per heavy atom. The fourth-order valence-electron chi connectivity index (χ4n) is 2.51. The molecule has 154 valence electrons. The summed E-state index contributed by atoms with van der Waals surface area (Å²) in [5.74, 6) is -0.568. The van der Waals surface area contributed by atoms with E-state index in [1.807, 2.05) is 0 Å². The number of non-ortho nitro benzene ring substituents is 1. The molecule has 0 atom stereocenters. The summed E-state index contributed by atoms with van der Waals surface area (Å²) >= 11 is 0. The average molecular weight is 412 g/mol. The number of ether oxygens (including phenoxy) is 2. The summed E-state index contributed by atoms with van der Waals surface area (Å²) in [5, 5.41) is 26.4. The zero-order valence-corrected chi connectivity index (χ0v) is 15.6. The van der Waals surface area contributed by atoms with E-state index >= 15 is 0 Å². The molecule has 0 aliphatic rings. The lowest BCUT2D eigenvalue weighted by atomic mass is 10.2. The molecule has 0 radical (unpaired) electrons. The van der Waals surface area contributed by atoms with E-state index in [0.717, 1.165) is 4.68 Å². The number of hydrogen-bond donors (Lipinski definition) is 2. The molecule has 2 N–H and O–H groups in total. The highest BCUT2D eigenvalue weighted by atomic mass is 16.6. The molecule has 1 heterocycles. The number of nitro groups is 1. The van der Waals surface area contributed by atoms with Gasteiger partial charge in [0.15, 0.2) is 5.69 Å². The molecule has 0 spiro atoms. The van der Waals surface area contributed by atoms with Gasteiger partial charge in [-0.3, -0.25) is 19.6 Å². The minimum absolute atomic E-state index is 0.142. The van der Waals surface area contributed by atoms with Crippen LogP contribution in [0.1, 0.15) is 10.5 Å². The Morgan fingerprint density at radius 1 is 1.13 bits per heavy atom. The van der Waals surface area contributed by atoms with Gasteiger partial charge in [0.05, 0.1) is 23.8 Å². The normalized spacial score (nSPS) is 10.3. The molecule has 0 aliphatic carbocycles. The van der Waals surface area contributed by atoms with Crippen LogP contribution in [-0.2, 0) is 11.3 Å². The maximum atomic E-state index is 12.2. The molecule has 1 amide bonds. The number of nitrogens with zero attached hydrogens (tertiary/aromatic N) is 3. The van der Waals surface area contributed by atoms with Crippen LogP contribution in [0, 0.1) is 10.1 Å². The van der Waals surface area contributed by atoms with Gasteiger partial charge in [-0.05, 0) is 30.3 Å². The van der Waals surface area contributed by atoms with Crippen molar-refractivity contribution in [1.29, 1.82) is 0 Å². The van der Waals surface area contributed by atoms with Gasteiger partial charge >= 0.3 is 5.97 Å². The second-order valence-corrected chi connectivity index (χ2v) is 6.00. The van der Waals surface area contributed by atoms with Gasteiger partial charge in [0.1, 0.15) is 23.8 Å². The van der Waals surface area contributed by atoms with Crippen molar-refractivity contribution in [1.82, 2.24) is 9.78 Å². The molecule has 30 heavy (non-hydrogen) atoms. The summed E-state index contributed by atoms with van der Waals surface area (Å²) < 4.78 is 11.9. The first-order chi connectivity index (χ1) is 14.3. The number of rotatable bonds is 8. The van der Waals surface area contributed by atoms with Crippen molar-refractivity contribution in [3.8, 4) is 17.2 Å². The minimum atomic E-state index is -1.21. The Labute approximate surface area is 169 Å². The average Bonchev–Trinajstić information content (AvgIpc) is 3.17. The highest BCUT2D eigenvalue weighted by Gasteiger charge is 2.14. The van der Waals surface area contributed by atoms with Crippen molar-refractivity contribution >= 4 is 23.3 Å². The molecule has 0 aliphatic heterocycles. The third kappa shape index (κ3) is 5.10. The largest absolute Gasteiger partial charge is 0.497 e. The number of carbonyl (C=O) groups is 2. The first-order valence-corrected chi connectivity index (χ1v) is 8.52. The van der Waals surface area contributed by atoms with Crippen molar-refractivity contribution in [2.75, 3.05) is 12.4 Å². The molecule has 11 heteroatoms. The summed E-state index contributed by atoms with van der Waals surface area (Å²) in [7, 11) is 1.52. The van der Waals surface area contributed by atoms with Crippen LogP contribution < -0.4 is 14.8 Å². The number of aromatic carboxylic acids is 1. The van der Waals surface area contributed by atoms with E-state index in [2.05, 4.69) is 10.4 Å². The lowest BCUT2D eigenvalue weighted by Gasteiger charge is -2.10. The third-order valence-corrected chi connectivity index (χ3v) is 3.85. The van der Waals surface area contributed by atoms with Crippen LogP contribution in [0.4, 0.5) is 11.4 Å². The van der Waals surface area contributed by atoms with Crippen molar-refractivity contribution in [3.05, 3.63) is 70.5 Å². The molecule has 0 saturated carbocycles. The molecule has 11 nitrogen and oxygen atoms in total. The van der Waals surface area contributed by atoms with E-state index in [9.17, 15) is 19.7 Å². The van der Waals surface area contributed by atoms with Crippen LogP contribution in [0.25, 0.3) is 0 Å². The Kier molecular flexibility index (Phi) is 5.92. The fourth-order valence-corrected chi connectivity index (χ4v) is 2.51. The Hall–Kier alpha value is -4.41. The zero-order chi connectivity index (χ0) is 21.7. The molecule has 0 fully saturated rings. The molecular formula is C19H16N4O7. The SMILES string of the molecule is COc1ccc(Oc2cc(NC(=O)Cn3ccc(C(=O)O)n3)cc([N+](=O)[O-])c2)cc1. The van der Waals surface area contributed by atoms with Gasteiger partial charge in [0, 0.05) is 18.3 Å².